The summed E-state index contributed by atoms with van der Waals surface area (Å²) in [6, 6.07) is 25.0. The van der Waals surface area contributed by atoms with Crippen molar-refractivity contribution in [3.63, 3.8) is 0 Å². The van der Waals surface area contributed by atoms with Crippen molar-refractivity contribution in [1.29, 1.82) is 5.26 Å². The zero-order chi connectivity index (χ0) is 19.2. The van der Waals surface area contributed by atoms with Gasteiger partial charge in [-0.05, 0) is 49.2 Å². The number of benzene rings is 3. The number of nitriles is 1. The average Bonchev–Trinajstić information content (AvgIpc) is 2.69. The van der Waals surface area contributed by atoms with Gasteiger partial charge in [-0.25, -0.2) is 0 Å². The van der Waals surface area contributed by atoms with Crippen LogP contribution < -0.4 is 5.32 Å². The topological polar surface area (TPSA) is 52.9 Å². The first-order chi connectivity index (χ1) is 13.1. The van der Waals surface area contributed by atoms with Gasteiger partial charge in [0, 0.05) is 9.79 Å². The first-order valence-electron chi connectivity index (χ1n) is 8.72. The quantitative estimate of drug-likeness (QED) is 0.642. The Labute approximate surface area is 164 Å². The zero-order valence-electron chi connectivity index (χ0n) is 15.3. The van der Waals surface area contributed by atoms with Gasteiger partial charge in [0.15, 0.2) is 0 Å². The summed E-state index contributed by atoms with van der Waals surface area (Å²) >= 11 is 1.44. The van der Waals surface area contributed by atoms with Crippen molar-refractivity contribution in [2.75, 3.05) is 0 Å². The highest BCUT2D eigenvalue weighted by molar-refractivity contribution is 7.99. The van der Waals surface area contributed by atoms with Crippen molar-refractivity contribution in [3.8, 4) is 6.07 Å². The lowest BCUT2D eigenvalue weighted by Crippen LogP contribution is -2.27. The number of aryl methyl sites for hydroxylation is 1. The molecule has 0 bridgehead atoms. The van der Waals surface area contributed by atoms with E-state index in [0.717, 1.165) is 20.9 Å². The van der Waals surface area contributed by atoms with Crippen LogP contribution in [0.5, 0.6) is 0 Å². The van der Waals surface area contributed by atoms with Crippen LogP contribution in [0.1, 0.15) is 40.0 Å². The Hall–Kier alpha value is -3.03. The van der Waals surface area contributed by atoms with Crippen molar-refractivity contribution in [1.82, 2.24) is 5.32 Å². The van der Waals surface area contributed by atoms with Crippen LogP contribution in [0.15, 0.2) is 82.6 Å². The maximum atomic E-state index is 12.9. The molecule has 0 aliphatic heterocycles. The SMILES string of the molecule is Cc1ccccc1C(C)NC(=O)c1ccccc1Sc1ccccc1C#N. The summed E-state index contributed by atoms with van der Waals surface area (Å²) in [4.78, 5) is 14.6. The average molecular weight is 372 g/mol. The lowest BCUT2D eigenvalue weighted by Gasteiger charge is -2.18. The molecule has 1 N–H and O–H groups in total. The highest BCUT2D eigenvalue weighted by atomic mass is 32.2. The molecule has 0 radical (unpaired) electrons. The molecule has 0 heterocycles. The number of rotatable bonds is 5. The number of nitrogens with one attached hydrogen (secondary N) is 1. The lowest BCUT2D eigenvalue weighted by atomic mass is 10.0. The predicted molar refractivity (Wildman–Crippen MR) is 109 cm³/mol. The third-order valence-electron chi connectivity index (χ3n) is 4.36. The molecular formula is C23H20N2OS. The van der Waals surface area contributed by atoms with Gasteiger partial charge in [-0.1, -0.05) is 60.3 Å². The Kier molecular flexibility index (Phi) is 5.95. The molecule has 3 aromatic carbocycles. The maximum Gasteiger partial charge on any atom is 0.252 e. The Morgan fingerprint density at radius 1 is 0.963 bits per heavy atom. The molecule has 0 aromatic heterocycles. The maximum absolute atomic E-state index is 12.9. The number of carbonyl (C=O) groups is 1. The van der Waals surface area contributed by atoms with Crippen LogP contribution in [-0.4, -0.2) is 5.91 Å². The Bertz CT molecular complexity index is 1010. The van der Waals surface area contributed by atoms with Crippen molar-refractivity contribution < 1.29 is 4.79 Å². The highest BCUT2D eigenvalue weighted by Gasteiger charge is 2.17. The van der Waals surface area contributed by atoms with Crippen molar-refractivity contribution in [2.45, 2.75) is 29.7 Å². The van der Waals surface area contributed by atoms with E-state index in [1.54, 1.807) is 6.07 Å². The molecule has 134 valence electrons. The van der Waals surface area contributed by atoms with Gasteiger partial charge in [0.1, 0.15) is 6.07 Å². The number of carbonyl (C=O) groups excluding carboxylic acids is 1. The summed E-state index contributed by atoms with van der Waals surface area (Å²) in [6.07, 6.45) is 0. The smallest absolute Gasteiger partial charge is 0.252 e. The molecule has 0 aliphatic carbocycles. The Balaban J connectivity index is 1.84. The normalized spacial score (nSPS) is 11.4. The molecule has 0 fully saturated rings. The Morgan fingerprint density at radius 2 is 1.59 bits per heavy atom. The summed E-state index contributed by atoms with van der Waals surface area (Å²) in [6.45, 7) is 4.03. The number of amides is 1. The molecule has 4 heteroatoms. The summed E-state index contributed by atoms with van der Waals surface area (Å²) in [5, 5.41) is 12.4. The summed E-state index contributed by atoms with van der Waals surface area (Å²) in [7, 11) is 0. The van der Waals surface area contributed by atoms with Gasteiger partial charge in [-0.3, -0.25) is 4.79 Å². The molecule has 0 saturated carbocycles. The first-order valence-corrected chi connectivity index (χ1v) is 9.54. The molecule has 3 nitrogen and oxygen atoms in total. The van der Waals surface area contributed by atoms with Crippen molar-refractivity contribution in [3.05, 3.63) is 95.1 Å². The molecular weight excluding hydrogens is 352 g/mol. The van der Waals surface area contributed by atoms with Gasteiger partial charge in [0.25, 0.3) is 5.91 Å². The summed E-state index contributed by atoms with van der Waals surface area (Å²) in [5.74, 6) is -0.122. The molecule has 1 atom stereocenters. The number of hydrogen-bond acceptors (Lipinski definition) is 3. The largest absolute Gasteiger partial charge is 0.345 e. The minimum Gasteiger partial charge on any atom is -0.345 e. The predicted octanol–water partition coefficient (Wildman–Crippen LogP) is 5.51. The Morgan fingerprint density at radius 3 is 2.33 bits per heavy atom. The van der Waals surface area contributed by atoms with Gasteiger partial charge >= 0.3 is 0 Å². The first kappa shape index (κ1) is 18.8. The van der Waals surface area contributed by atoms with Gasteiger partial charge < -0.3 is 5.32 Å². The van der Waals surface area contributed by atoms with E-state index in [-0.39, 0.29) is 11.9 Å². The monoisotopic (exact) mass is 372 g/mol. The molecule has 0 aliphatic rings. The second-order valence-electron chi connectivity index (χ2n) is 6.26. The molecule has 3 rings (SSSR count). The fourth-order valence-electron chi connectivity index (χ4n) is 2.93. The third-order valence-corrected chi connectivity index (χ3v) is 5.51. The highest BCUT2D eigenvalue weighted by Crippen LogP contribution is 2.32. The summed E-state index contributed by atoms with van der Waals surface area (Å²) < 4.78 is 0. The van der Waals surface area contributed by atoms with E-state index in [4.69, 9.17) is 0 Å². The van der Waals surface area contributed by atoms with E-state index < -0.39 is 0 Å². The van der Waals surface area contributed by atoms with Crippen LogP contribution in [0.3, 0.4) is 0 Å². The van der Waals surface area contributed by atoms with Gasteiger partial charge in [-0.2, -0.15) is 5.26 Å². The van der Waals surface area contributed by atoms with Crippen LogP contribution in [0.4, 0.5) is 0 Å². The van der Waals surface area contributed by atoms with Crippen LogP contribution in [0.2, 0.25) is 0 Å². The van der Waals surface area contributed by atoms with E-state index in [0.29, 0.717) is 11.1 Å². The van der Waals surface area contributed by atoms with Crippen LogP contribution in [0, 0.1) is 18.3 Å². The van der Waals surface area contributed by atoms with Crippen LogP contribution >= 0.6 is 11.8 Å². The third kappa shape index (κ3) is 4.39. The second-order valence-corrected chi connectivity index (χ2v) is 7.34. The van der Waals surface area contributed by atoms with Gasteiger partial charge in [0.05, 0.1) is 17.2 Å². The van der Waals surface area contributed by atoms with Gasteiger partial charge in [-0.15, -0.1) is 0 Å². The zero-order valence-corrected chi connectivity index (χ0v) is 16.1. The fraction of sp³-hybridized carbons (Fsp3) is 0.130. The molecule has 0 spiro atoms. The van der Waals surface area contributed by atoms with Crippen molar-refractivity contribution >= 4 is 17.7 Å². The van der Waals surface area contributed by atoms with E-state index in [2.05, 4.69) is 11.4 Å². The van der Waals surface area contributed by atoms with Crippen LogP contribution in [-0.2, 0) is 0 Å². The van der Waals surface area contributed by atoms with E-state index in [9.17, 15) is 10.1 Å². The second kappa shape index (κ2) is 8.57. The minimum atomic E-state index is -0.122. The molecule has 1 unspecified atom stereocenters. The van der Waals surface area contributed by atoms with E-state index >= 15 is 0 Å². The molecule has 27 heavy (non-hydrogen) atoms. The molecule has 1 amide bonds. The van der Waals surface area contributed by atoms with Crippen molar-refractivity contribution in [2.24, 2.45) is 0 Å². The number of nitrogens with zero attached hydrogens (tertiary/aromatic N) is 1. The minimum absolute atomic E-state index is 0.0943. The van der Waals surface area contributed by atoms with E-state index in [1.165, 1.54) is 11.8 Å². The lowest BCUT2D eigenvalue weighted by molar-refractivity contribution is 0.0937. The number of hydrogen-bond donors (Lipinski definition) is 1. The molecule has 3 aromatic rings. The molecule has 0 saturated heterocycles. The van der Waals surface area contributed by atoms with Gasteiger partial charge in [0.2, 0.25) is 0 Å². The fourth-order valence-corrected chi connectivity index (χ4v) is 3.96. The van der Waals surface area contributed by atoms with E-state index in [1.807, 2.05) is 80.6 Å². The van der Waals surface area contributed by atoms with Crippen LogP contribution in [0.25, 0.3) is 0 Å². The standard InChI is InChI=1S/C23H20N2OS/c1-16-9-3-5-11-19(16)17(2)25-23(26)20-12-6-8-14-22(20)27-21-13-7-4-10-18(21)15-24/h3-14,17H,1-2H3,(H,25,26). The summed E-state index contributed by atoms with van der Waals surface area (Å²) in [5.41, 5.74) is 3.46.